The van der Waals surface area contributed by atoms with Crippen LogP contribution in [0, 0.1) is 18.8 Å². The second-order valence-electron chi connectivity index (χ2n) is 5.96. The van der Waals surface area contributed by atoms with E-state index in [1.807, 2.05) is 31.2 Å². The molecule has 4 heteroatoms. The Labute approximate surface area is 125 Å². The molecule has 0 heterocycles. The van der Waals surface area contributed by atoms with Crippen LogP contribution in [-0.4, -0.2) is 23.5 Å². The molecule has 2 rings (SSSR count). The van der Waals surface area contributed by atoms with Gasteiger partial charge in [0, 0.05) is 6.54 Å². The number of carboxylic acid groups (broad SMARTS) is 1. The third-order valence-corrected chi connectivity index (χ3v) is 4.27. The summed E-state index contributed by atoms with van der Waals surface area (Å²) in [5.74, 6) is -1.00. The molecular formula is C17H23NO3. The summed E-state index contributed by atoms with van der Waals surface area (Å²) in [7, 11) is 0. The van der Waals surface area contributed by atoms with E-state index in [0.29, 0.717) is 13.0 Å². The Balaban J connectivity index is 1.82. The van der Waals surface area contributed by atoms with E-state index >= 15 is 0 Å². The Morgan fingerprint density at radius 3 is 2.52 bits per heavy atom. The largest absolute Gasteiger partial charge is 0.481 e. The van der Waals surface area contributed by atoms with Gasteiger partial charge in [0.1, 0.15) is 0 Å². The molecule has 2 unspecified atom stereocenters. The number of carbonyl (C=O) groups excluding carboxylic acids is 1. The second-order valence-corrected chi connectivity index (χ2v) is 5.96. The number of aliphatic carboxylic acids is 1. The van der Waals surface area contributed by atoms with E-state index in [1.165, 1.54) is 5.56 Å². The fraction of sp³-hybridized carbons (Fsp3) is 0.529. The highest BCUT2D eigenvalue weighted by Gasteiger charge is 2.30. The first kappa shape index (κ1) is 15.5. The number of carboxylic acids is 1. The molecule has 0 saturated heterocycles. The van der Waals surface area contributed by atoms with E-state index in [2.05, 4.69) is 5.32 Å². The number of aryl methyl sites for hydroxylation is 1. The van der Waals surface area contributed by atoms with E-state index in [1.54, 1.807) is 0 Å². The van der Waals surface area contributed by atoms with Gasteiger partial charge in [-0.25, -0.2) is 0 Å². The van der Waals surface area contributed by atoms with Crippen molar-refractivity contribution in [3.8, 4) is 0 Å². The highest BCUT2D eigenvalue weighted by Crippen LogP contribution is 2.29. The molecule has 2 N–H and O–H groups in total. The average molecular weight is 289 g/mol. The van der Waals surface area contributed by atoms with Gasteiger partial charge >= 0.3 is 5.97 Å². The summed E-state index contributed by atoms with van der Waals surface area (Å²) in [6.45, 7) is 2.49. The molecule has 0 radical (unpaired) electrons. The molecule has 0 aromatic heterocycles. The highest BCUT2D eigenvalue weighted by molar-refractivity contribution is 5.78. The number of rotatable bonds is 5. The van der Waals surface area contributed by atoms with Gasteiger partial charge in [-0.15, -0.1) is 0 Å². The molecule has 0 bridgehead atoms. The molecule has 1 saturated carbocycles. The lowest BCUT2D eigenvalue weighted by Gasteiger charge is -2.28. The summed E-state index contributed by atoms with van der Waals surface area (Å²) in [5.41, 5.74) is 2.15. The third-order valence-electron chi connectivity index (χ3n) is 4.27. The van der Waals surface area contributed by atoms with Crippen molar-refractivity contribution in [2.45, 2.75) is 39.0 Å². The molecule has 1 aliphatic rings. The van der Waals surface area contributed by atoms with Crippen LogP contribution in [0.2, 0.25) is 0 Å². The Morgan fingerprint density at radius 1 is 1.19 bits per heavy atom. The minimum Gasteiger partial charge on any atom is -0.481 e. The SMILES string of the molecule is Cc1ccc(CC(=O)NCC2CCCCC2C(=O)O)cc1. The lowest BCUT2D eigenvalue weighted by molar-refractivity contribution is -0.145. The van der Waals surface area contributed by atoms with Gasteiger partial charge in [0.15, 0.2) is 0 Å². The summed E-state index contributed by atoms with van der Waals surface area (Å²) in [5, 5.41) is 12.1. The lowest BCUT2D eigenvalue weighted by atomic mass is 9.79. The fourth-order valence-electron chi connectivity index (χ4n) is 2.98. The molecule has 0 aliphatic heterocycles. The van der Waals surface area contributed by atoms with Crippen LogP contribution in [0.15, 0.2) is 24.3 Å². The minimum atomic E-state index is -0.729. The molecule has 0 spiro atoms. The average Bonchev–Trinajstić information content (AvgIpc) is 2.48. The van der Waals surface area contributed by atoms with Crippen molar-refractivity contribution in [2.24, 2.45) is 11.8 Å². The van der Waals surface area contributed by atoms with E-state index in [4.69, 9.17) is 0 Å². The fourth-order valence-corrected chi connectivity index (χ4v) is 2.98. The molecule has 2 atom stereocenters. The van der Waals surface area contributed by atoms with Gasteiger partial charge in [-0.2, -0.15) is 0 Å². The predicted octanol–water partition coefficient (Wildman–Crippen LogP) is 2.54. The summed E-state index contributed by atoms with van der Waals surface area (Å²) in [4.78, 5) is 23.2. The number of hydrogen-bond acceptors (Lipinski definition) is 2. The van der Waals surface area contributed by atoms with Gasteiger partial charge < -0.3 is 10.4 Å². The lowest BCUT2D eigenvalue weighted by Crippen LogP contribution is -2.37. The highest BCUT2D eigenvalue weighted by atomic mass is 16.4. The van der Waals surface area contributed by atoms with Gasteiger partial charge in [-0.1, -0.05) is 42.7 Å². The number of carbonyl (C=O) groups is 2. The van der Waals surface area contributed by atoms with Gasteiger partial charge in [0.2, 0.25) is 5.91 Å². The predicted molar refractivity (Wildman–Crippen MR) is 81.0 cm³/mol. The van der Waals surface area contributed by atoms with Gasteiger partial charge in [-0.05, 0) is 31.2 Å². The second kappa shape index (κ2) is 7.25. The zero-order valence-corrected chi connectivity index (χ0v) is 12.5. The van der Waals surface area contributed by atoms with Crippen molar-refractivity contribution in [1.29, 1.82) is 0 Å². The first-order chi connectivity index (χ1) is 10.1. The maximum atomic E-state index is 12.0. The molecule has 1 aromatic carbocycles. The molecule has 1 amide bonds. The number of benzene rings is 1. The standard InChI is InChI=1S/C17H23NO3/c1-12-6-8-13(9-7-12)10-16(19)18-11-14-4-2-3-5-15(14)17(20)21/h6-9,14-15H,2-5,10-11H2,1H3,(H,18,19)(H,20,21). The zero-order chi connectivity index (χ0) is 15.2. The van der Waals surface area contributed by atoms with Crippen molar-refractivity contribution >= 4 is 11.9 Å². The van der Waals surface area contributed by atoms with Crippen molar-refractivity contribution in [1.82, 2.24) is 5.32 Å². The number of hydrogen-bond donors (Lipinski definition) is 2. The molecule has 21 heavy (non-hydrogen) atoms. The molecule has 114 valence electrons. The van der Waals surface area contributed by atoms with Gasteiger partial charge in [-0.3, -0.25) is 9.59 Å². The molecule has 1 fully saturated rings. The Hall–Kier alpha value is -1.84. The van der Waals surface area contributed by atoms with Gasteiger partial charge in [0.05, 0.1) is 12.3 Å². The zero-order valence-electron chi connectivity index (χ0n) is 12.5. The van der Waals surface area contributed by atoms with Crippen LogP contribution in [0.1, 0.15) is 36.8 Å². The first-order valence-corrected chi connectivity index (χ1v) is 7.61. The molecule has 4 nitrogen and oxygen atoms in total. The number of nitrogens with one attached hydrogen (secondary N) is 1. The van der Waals surface area contributed by atoms with E-state index in [-0.39, 0.29) is 17.7 Å². The van der Waals surface area contributed by atoms with Crippen molar-refractivity contribution in [3.63, 3.8) is 0 Å². The van der Waals surface area contributed by atoms with Crippen molar-refractivity contribution in [3.05, 3.63) is 35.4 Å². The normalized spacial score (nSPS) is 21.8. The quantitative estimate of drug-likeness (QED) is 0.875. The van der Waals surface area contributed by atoms with Crippen LogP contribution in [-0.2, 0) is 16.0 Å². The topological polar surface area (TPSA) is 66.4 Å². The summed E-state index contributed by atoms with van der Waals surface area (Å²) in [6, 6.07) is 7.89. The maximum absolute atomic E-state index is 12.0. The number of amides is 1. The monoisotopic (exact) mass is 289 g/mol. The molecule has 1 aromatic rings. The van der Waals surface area contributed by atoms with Crippen LogP contribution >= 0.6 is 0 Å². The Morgan fingerprint density at radius 2 is 1.86 bits per heavy atom. The van der Waals surface area contributed by atoms with Crippen LogP contribution in [0.5, 0.6) is 0 Å². The Kier molecular flexibility index (Phi) is 5.37. The van der Waals surface area contributed by atoms with Crippen LogP contribution in [0.4, 0.5) is 0 Å². The minimum absolute atomic E-state index is 0.0337. The summed E-state index contributed by atoms with van der Waals surface area (Å²) in [6.07, 6.45) is 4.01. The maximum Gasteiger partial charge on any atom is 0.306 e. The van der Waals surface area contributed by atoms with Gasteiger partial charge in [0.25, 0.3) is 0 Å². The Bertz CT molecular complexity index is 495. The summed E-state index contributed by atoms with van der Waals surface area (Å²) < 4.78 is 0. The first-order valence-electron chi connectivity index (χ1n) is 7.61. The van der Waals surface area contributed by atoms with Crippen molar-refractivity contribution in [2.75, 3.05) is 6.54 Å². The van der Waals surface area contributed by atoms with Crippen LogP contribution < -0.4 is 5.32 Å². The summed E-state index contributed by atoms with van der Waals surface area (Å²) >= 11 is 0. The van der Waals surface area contributed by atoms with Crippen LogP contribution in [0.3, 0.4) is 0 Å². The smallest absolute Gasteiger partial charge is 0.306 e. The van der Waals surface area contributed by atoms with Crippen LogP contribution in [0.25, 0.3) is 0 Å². The molecular weight excluding hydrogens is 266 g/mol. The van der Waals surface area contributed by atoms with E-state index in [9.17, 15) is 14.7 Å². The van der Waals surface area contributed by atoms with E-state index < -0.39 is 5.97 Å². The molecule has 1 aliphatic carbocycles. The van der Waals surface area contributed by atoms with Crippen molar-refractivity contribution < 1.29 is 14.7 Å². The third kappa shape index (κ3) is 4.59. The van der Waals surface area contributed by atoms with E-state index in [0.717, 1.165) is 31.2 Å².